The van der Waals surface area contributed by atoms with Crippen LogP contribution in [0.2, 0.25) is 0 Å². The quantitative estimate of drug-likeness (QED) is 0.768. The summed E-state index contributed by atoms with van der Waals surface area (Å²) in [5, 5.41) is 8.06. The number of ether oxygens (including phenoxy) is 1. The van der Waals surface area contributed by atoms with E-state index >= 15 is 0 Å². The molecule has 7 nitrogen and oxygen atoms in total. The SMILES string of the molecule is CC[C@@H](C)NC(=O)Cn1nc(C)n2c(cc3cc(OC)ccc32)c1=O. The van der Waals surface area contributed by atoms with Crippen molar-refractivity contribution in [3.05, 3.63) is 40.4 Å². The van der Waals surface area contributed by atoms with Crippen LogP contribution in [0.4, 0.5) is 0 Å². The van der Waals surface area contributed by atoms with Crippen molar-refractivity contribution in [1.82, 2.24) is 19.5 Å². The molecule has 0 bridgehead atoms. The zero-order valence-corrected chi connectivity index (χ0v) is 14.9. The smallest absolute Gasteiger partial charge is 0.291 e. The van der Waals surface area contributed by atoms with E-state index in [1.807, 2.05) is 39.0 Å². The third-order valence-electron chi connectivity index (χ3n) is 4.36. The Hall–Kier alpha value is -2.83. The van der Waals surface area contributed by atoms with Crippen LogP contribution in [0, 0.1) is 6.92 Å². The number of aryl methyl sites for hydroxylation is 1. The van der Waals surface area contributed by atoms with E-state index in [2.05, 4.69) is 10.4 Å². The van der Waals surface area contributed by atoms with E-state index in [-0.39, 0.29) is 24.1 Å². The minimum atomic E-state index is -0.292. The molecule has 3 rings (SSSR count). The van der Waals surface area contributed by atoms with Crippen LogP contribution in [0.15, 0.2) is 29.1 Å². The van der Waals surface area contributed by atoms with E-state index in [0.717, 1.165) is 23.1 Å². The number of carbonyl (C=O) groups is 1. The fraction of sp³-hybridized carbons (Fsp3) is 0.389. The predicted molar refractivity (Wildman–Crippen MR) is 96.1 cm³/mol. The van der Waals surface area contributed by atoms with Crippen molar-refractivity contribution in [1.29, 1.82) is 0 Å². The molecule has 2 aromatic heterocycles. The van der Waals surface area contributed by atoms with Gasteiger partial charge in [0.15, 0.2) is 0 Å². The van der Waals surface area contributed by atoms with Gasteiger partial charge in [-0.05, 0) is 44.5 Å². The molecule has 2 heterocycles. The number of methoxy groups -OCH3 is 1. The number of carbonyl (C=O) groups excluding carboxylic acids is 1. The molecule has 0 saturated carbocycles. The summed E-state index contributed by atoms with van der Waals surface area (Å²) < 4.78 is 8.27. The van der Waals surface area contributed by atoms with Crippen LogP contribution in [-0.4, -0.2) is 33.2 Å². The normalized spacial score (nSPS) is 12.5. The Morgan fingerprint density at radius 3 is 2.76 bits per heavy atom. The topological polar surface area (TPSA) is 77.6 Å². The molecule has 7 heteroatoms. The summed E-state index contributed by atoms with van der Waals surface area (Å²) >= 11 is 0. The standard InChI is InChI=1S/C18H22N4O3/c1-5-11(2)19-17(23)10-21-18(24)16-9-13-8-14(25-4)6-7-15(13)22(16)12(3)20-21/h6-9,11H,5,10H2,1-4H3,(H,19,23)/t11-/m1/s1. The number of fused-ring (bicyclic) bond motifs is 3. The Morgan fingerprint density at radius 2 is 2.08 bits per heavy atom. The molecule has 0 radical (unpaired) electrons. The molecule has 1 aromatic carbocycles. The van der Waals surface area contributed by atoms with Gasteiger partial charge in [-0.15, -0.1) is 0 Å². The number of hydrogen-bond donors (Lipinski definition) is 1. The van der Waals surface area contributed by atoms with Crippen LogP contribution in [0.25, 0.3) is 16.4 Å². The summed E-state index contributed by atoms with van der Waals surface area (Å²) in [7, 11) is 1.60. The van der Waals surface area contributed by atoms with Crippen molar-refractivity contribution in [3.8, 4) is 5.75 Å². The lowest BCUT2D eigenvalue weighted by molar-refractivity contribution is -0.122. The average molecular weight is 342 g/mol. The van der Waals surface area contributed by atoms with E-state index in [9.17, 15) is 9.59 Å². The Kier molecular flexibility index (Phi) is 4.48. The van der Waals surface area contributed by atoms with Gasteiger partial charge in [0.05, 0.1) is 12.6 Å². The first-order valence-corrected chi connectivity index (χ1v) is 8.31. The molecule has 0 aliphatic carbocycles. The van der Waals surface area contributed by atoms with Gasteiger partial charge in [0.1, 0.15) is 23.6 Å². The van der Waals surface area contributed by atoms with E-state index in [0.29, 0.717) is 11.3 Å². The number of hydrogen-bond acceptors (Lipinski definition) is 4. The van der Waals surface area contributed by atoms with Crippen LogP contribution in [0.3, 0.4) is 0 Å². The lowest BCUT2D eigenvalue weighted by Crippen LogP contribution is -2.38. The zero-order chi connectivity index (χ0) is 18.1. The molecule has 1 amide bonds. The summed E-state index contributed by atoms with van der Waals surface area (Å²) in [5.41, 5.74) is 1.08. The molecule has 0 fully saturated rings. The van der Waals surface area contributed by atoms with Gasteiger partial charge in [0, 0.05) is 11.4 Å². The van der Waals surface area contributed by atoms with Crippen LogP contribution in [-0.2, 0) is 11.3 Å². The van der Waals surface area contributed by atoms with Crippen molar-refractivity contribution in [2.45, 2.75) is 39.8 Å². The molecule has 0 aliphatic rings. The lowest BCUT2D eigenvalue weighted by Gasteiger charge is -2.12. The van der Waals surface area contributed by atoms with Gasteiger partial charge < -0.3 is 10.1 Å². The van der Waals surface area contributed by atoms with Crippen LogP contribution in [0.5, 0.6) is 5.75 Å². The molecule has 1 N–H and O–H groups in total. The van der Waals surface area contributed by atoms with Crippen molar-refractivity contribution in [3.63, 3.8) is 0 Å². The molecular weight excluding hydrogens is 320 g/mol. The summed E-state index contributed by atoms with van der Waals surface area (Å²) in [6.07, 6.45) is 0.831. The Morgan fingerprint density at radius 1 is 1.32 bits per heavy atom. The van der Waals surface area contributed by atoms with Gasteiger partial charge in [-0.25, -0.2) is 4.68 Å². The zero-order valence-electron chi connectivity index (χ0n) is 14.9. The van der Waals surface area contributed by atoms with Crippen molar-refractivity contribution in [2.24, 2.45) is 0 Å². The van der Waals surface area contributed by atoms with Gasteiger partial charge in [-0.3, -0.25) is 14.0 Å². The Labute approximate surface area is 145 Å². The molecule has 0 unspecified atom stereocenters. The highest BCUT2D eigenvalue weighted by atomic mass is 16.5. The number of rotatable bonds is 5. The minimum absolute atomic E-state index is 0.0661. The first kappa shape index (κ1) is 17.0. The van der Waals surface area contributed by atoms with Crippen molar-refractivity contribution >= 4 is 22.3 Å². The molecule has 132 valence electrons. The fourth-order valence-electron chi connectivity index (χ4n) is 2.89. The average Bonchev–Trinajstić information content (AvgIpc) is 2.98. The molecular formula is C18H22N4O3. The number of benzene rings is 1. The number of amides is 1. The first-order chi connectivity index (χ1) is 11.9. The van der Waals surface area contributed by atoms with E-state index in [1.165, 1.54) is 4.68 Å². The molecule has 3 aromatic rings. The van der Waals surface area contributed by atoms with Gasteiger partial charge in [-0.2, -0.15) is 5.10 Å². The highest BCUT2D eigenvalue weighted by Gasteiger charge is 2.15. The Balaban J connectivity index is 2.08. The minimum Gasteiger partial charge on any atom is -0.497 e. The first-order valence-electron chi connectivity index (χ1n) is 8.31. The van der Waals surface area contributed by atoms with Crippen LogP contribution >= 0.6 is 0 Å². The van der Waals surface area contributed by atoms with E-state index < -0.39 is 0 Å². The third kappa shape index (κ3) is 3.09. The second-order valence-corrected chi connectivity index (χ2v) is 6.18. The van der Waals surface area contributed by atoms with Gasteiger partial charge in [0.2, 0.25) is 5.91 Å². The van der Waals surface area contributed by atoms with E-state index in [4.69, 9.17) is 4.74 Å². The summed E-state index contributed by atoms with van der Waals surface area (Å²) in [4.78, 5) is 24.9. The number of aromatic nitrogens is 3. The molecule has 0 spiro atoms. The molecule has 0 saturated heterocycles. The highest BCUT2D eigenvalue weighted by Crippen LogP contribution is 2.24. The highest BCUT2D eigenvalue weighted by molar-refractivity contribution is 5.88. The number of nitrogens with zero attached hydrogens (tertiary/aromatic N) is 3. The van der Waals surface area contributed by atoms with Crippen molar-refractivity contribution < 1.29 is 9.53 Å². The van der Waals surface area contributed by atoms with Gasteiger partial charge in [0.25, 0.3) is 5.56 Å². The monoisotopic (exact) mass is 342 g/mol. The largest absolute Gasteiger partial charge is 0.497 e. The maximum atomic E-state index is 12.8. The summed E-state index contributed by atoms with van der Waals surface area (Å²) in [5.74, 6) is 1.15. The predicted octanol–water partition coefficient (Wildman–Crippen LogP) is 1.88. The molecule has 0 aliphatic heterocycles. The van der Waals surface area contributed by atoms with Crippen molar-refractivity contribution in [2.75, 3.05) is 7.11 Å². The van der Waals surface area contributed by atoms with Crippen LogP contribution < -0.4 is 15.6 Å². The third-order valence-corrected chi connectivity index (χ3v) is 4.36. The maximum Gasteiger partial charge on any atom is 0.291 e. The lowest BCUT2D eigenvalue weighted by atomic mass is 10.2. The van der Waals surface area contributed by atoms with Gasteiger partial charge >= 0.3 is 0 Å². The molecule has 1 atom stereocenters. The second-order valence-electron chi connectivity index (χ2n) is 6.18. The Bertz CT molecular complexity index is 1000. The fourth-order valence-corrected chi connectivity index (χ4v) is 2.89. The summed E-state index contributed by atoms with van der Waals surface area (Å²) in [6, 6.07) is 7.49. The summed E-state index contributed by atoms with van der Waals surface area (Å²) in [6.45, 7) is 5.65. The van der Waals surface area contributed by atoms with Crippen LogP contribution in [0.1, 0.15) is 26.1 Å². The molecule has 25 heavy (non-hydrogen) atoms. The van der Waals surface area contributed by atoms with E-state index in [1.54, 1.807) is 17.6 Å². The van der Waals surface area contributed by atoms with Gasteiger partial charge in [-0.1, -0.05) is 6.92 Å². The second kappa shape index (κ2) is 6.58. The number of nitrogens with one attached hydrogen (secondary N) is 1. The maximum absolute atomic E-state index is 12.8.